The van der Waals surface area contributed by atoms with Crippen LogP contribution in [-0.2, 0) is 12.7 Å². The number of nitrogens with two attached hydrogens (primary N) is 2. The summed E-state index contributed by atoms with van der Waals surface area (Å²) in [5, 5.41) is 0. The Bertz CT molecular complexity index is 349. The highest BCUT2D eigenvalue weighted by Gasteiger charge is 2.35. The van der Waals surface area contributed by atoms with E-state index in [0.717, 1.165) is 0 Å². The van der Waals surface area contributed by atoms with Gasteiger partial charge in [0.2, 0.25) is 0 Å². The lowest BCUT2D eigenvalue weighted by atomic mass is 10.1. The van der Waals surface area contributed by atoms with Crippen molar-refractivity contribution in [1.82, 2.24) is 0 Å². The van der Waals surface area contributed by atoms with Crippen LogP contribution in [-0.4, -0.2) is 0 Å². The third-order valence-electron chi connectivity index (χ3n) is 1.72. The standard InChI is InChI=1S/C8H8BrF3N2/c9-5-1-4(3-13)7(6(14)2-5)8(10,11)12/h1-2H,3,13-14H2. The van der Waals surface area contributed by atoms with Crippen LogP contribution < -0.4 is 11.5 Å². The molecule has 0 spiro atoms. The van der Waals surface area contributed by atoms with Crippen LogP contribution in [0.15, 0.2) is 16.6 Å². The van der Waals surface area contributed by atoms with Crippen molar-refractivity contribution < 1.29 is 13.2 Å². The monoisotopic (exact) mass is 268 g/mol. The number of hydrogen-bond donors (Lipinski definition) is 2. The lowest BCUT2D eigenvalue weighted by Crippen LogP contribution is -2.14. The molecule has 0 saturated carbocycles. The summed E-state index contributed by atoms with van der Waals surface area (Å²) in [6, 6.07) is 2.53. The van der Waals surface area contributed by atoms with Crippen LogP contribution in [0.1, 0.15) is 11.1 Å². The van der Waals surface area contributed by atoms with Crippen LogP contribution in [0.3, 0.4) is 0 Å². The molecule has 4 N–H and O–H groups in total. The van der Waals surface area contributed by atoms with E-state index in [1.54, 1.807) is 0 Å². The second kappa shape index (κ2) is 3.78. The molecule has 0 atom stereocenters. The minimum Gasteiger partial charge on any atom is -0.398 e. The van der Waals surface area contributed by atoms with Gasteiger partial charge in [0.15, 0.2) is 0 Å². The zero-order valence-electron chi connectivity index (χ0n) is 7.03. The molecule has 78 valence electrons. The average Bonchev–Trinajstić information content (AvgIpc) is 1.99. The molecule has 0 bridgehead atoms. The topological polar surface area (TPSA) is 52.0 Å². The van der Waals surface area contributed by atoms with E-state index in [1.165, 1.54) is 12.1 Å². The smallest absolute Gasteiger partial charge is 0.398 e. The van der Waals surface area contributed by atoms with Gasteiger partial charge < -0.3 is 11.5 Å². The molecule has 0 aliphatic rings. The molecule has 14 heavy (non-hydrogen) atoms. The molecule has 0 unspecified atom stereocenters. The summed E-state index contributed by atoms with van der Waals surface area (Å²) in [6.45, 7) is -0.196. The Hall–Kier alpha value is -0.750. The lowest BCUT2D eigenvalue weighted by molar-refractivity contribution is -0.137. The maximum atomic E-state index is 12.5. The number of alkyl halides is 3. The predicted molar refractivity (Wildman–Crippen MR) is 51.4 cm³/mol. The summed E-state index contributed by atoms with van der Waals surface area (Å²) < 4.78 is 37.9. The van der Waals surface area contributed by atoms with E-state index >= 15 is 0 Å². The Labute approximate surface area is 87.2 Å². The third-order valence-corrected chi connectivity index (χ3v) is 2.18. The highest BCUT2D eigenvalue weighted by Crippen LogP contribution is 2.37. The Morgan fingerprint density at radius 2 is 1.86 bits per heavy atom. The van der Waals surface area contributed by atoms with E-state index in [0.29, 0.717) is 4.47 Å². The summed E-state index contributed by atoms with van der Waals surface area (Å²) in [6.07, 6.45) is -4.46. The first-order chi connectivity index (χ1) is 6.36. The van der Waals surface area contributed by atoms with Gasteiger partial charge in [0.25, 0.3) is 0 Å². The molecular formula is C8H8BrF3N2. The highest BCUT2D eigenvalue weighted by molar-refractivity contribution is 9.10. The number of anilines is 1. The van der Waals surface area contributed by atoms with Gasteiger partial charge >= 0.3 is 6.18 Å². The van der Waals surface area contributed by atoms with Crippen LogP contribution in [0, 0.1) is 0 Å². The zero-order chi connectivity index (χ0) is 10.9. The van der Waals surface area contributed by atoms with Gasteiger partial charge in [-0.3, -0.25) is 0 Å². The summed E-state index contributed by atoms with van der Waals surface area (Å²) in [4.78, 5) is 0. The molecule has 0 saturated heterocycles. The van der Waals surface area contributed by atoms with Gasteiger partial charge in [-0.15, -0.1) is 0 Å². The minimum absolute atomic E-state index is 0.00984. The summed E-state index contributed by atoms with van der Waals surface area (Å²) in [5.74, 6) is 0. The summed E-state index contributed by atoms with van der Waals surface area (Å²) in [7, 11) is 0. The molecule has 0 fully saturated rings. The van der Waals surface area contributed by atoms with E-state index in [4.69, 9.17) is 11.5 Å². The molecule has 1 aromatic rings. The minimum atomic E-state index is -4.46. The lowest BCUT2D eigenvalue weighted by Gasteiger charge is -2.14. The largest absolute Gasteiger partial charge is 0.418 e. The molecule has 1 aromatic carbocycles. The van der Waals surface area contributed by atoms with Gasteiger partial charge in [0.05, 0.1) is 5.56 Å². The number of halogens is 4. The number of nitrogen functional groups attached to an aromatic ring is 1. The molecule has 0 heterocycles. The van der Waals surface area contributed by atoms with Crippen molar-refractivity contribution in [3.8, 4) is 0 Å². The molecule has 1 rings (SSSR count). The molecule has 0 aliphatic heterocycles. The van der Waals surface area contributed by atoms with Crippen molar-refractivity contribution >= 4 is 21.6 Å². The molecule has 0 aliphatic carbocycles. The van der Waals surface area contributed by atoms with Gasteiger partial charge in [-0.05, 0) is 17.7 Å². The van der Waals surface area contributed by atoms with Gasteiger partial charge in [-0.25, -0.2) is 0 Å². The number of rotatable bonds is 1. The Kier molecular flexibility index (Phi) is 3.06. The Morgan fingerprint density at radius 1 is 1.29 bits per heavy atom. The summed E-state index contributed by atoms with van der Waals surface area (Å²) in [5.41, 5.74) is 9.32. The van der Waals surface area contributed by atoms with E-state index < -0.39 is 11.7 Å². The molecule has 2 nitrogen and oxygen atoms in total. The molecule has 0 radical (unpaired) electrons. The quantitative estimate of drug-likeness (QED) is 0.769. The van der Waals surface area contributed by atoms with Crippen molar-refractivity contribution in [1.29, 1.82) is 0 Å². The van der Waals surface area contributed by atoms with Crippen molar-refractivity contribution in [2.45, 2.75) is 12.7 Å². The first kappa shape index (κ1) is 11.3. The SMILES string of the molecule is NCc1cc(Br)cc(N)c1C(F)(F)F. The van der Waals surface area contributed by atoms with Crippen LogP contribution in [0.4, 0.5) is 18.9 Å². The normalized spacial score (nSPS) is 11.8. The first-order valence-electron chi connectivity index (χ1n) is 3.71. The Morgan fingerprint density at radius 3 is 2.29 bits per heavy atom. The third kappa shape index (κ3) is 2.19. The van der Waals surface area contributed by atoms with Gasteiger partial charge in [-0.2, -0.15) is 13.2 Å². The fraction of sp³-hybridized carbons (Fsp3) is 0.250. The molecule has 6 heteroatoms. The second-order valence-electron chi connectivity index (χ2n) is 2.73. The van der Waals surface area contributed by atoms with E-state index in [-0.39, 0.29) is 17.8 Å². The molecular weight excluding hydrogens is 261 g/mol. The van der Waals surface area contributed by atoms with E-state index in [9.17, 15) is 13.2 Å². The van der Waals surface area contributed by atoms with Crippen molar-refractivity contribution in [2.24, 2.45) is 5.73 Å². The molecule has 0 aromatic heterocycles. The predicted octanol–water partition coefficient (Wildman–Crippen LogP) is 2.51. The van der Waals surface area contributed by atoms with Crippen LogP contribution >= 0.6 is 15.9 Å². The van der Waals surface area contributed by atoms with Crippen molar-refractivity contribution in [3.05, 3.63) is 27.7 Å². The second-order valence-corrected chi connectivity index (χ2v) is 3.65. The maximum absolute atomic E-state index is 12.5. The van der Waals surface area contributed by atoms with Gasteiger partial charge in [0.1, 0.15) is 0 Å². The first-order valence-corrected chi connectivity index (χ1v) is 4.50. The van der Waals surface area contributed by atoms with E-state index in [1.807, 2.05) is 0 Å². The highest BCUT2D eigenvalue weighted by atomic mass is 79.9. The zero-order valence-corrected chi connectivity index (χ0v) is 8.61. The fourth-order valence-corrected chi connectivity index (χ4v) is 1.72. The Balaban J connectivity index is 3.40. The number of hydrogen-bond acceptors (Lipinski definition) is 2. The van der Waals surface area contributed by atoms with E-state index in [2.05, 4.69) is 15.9 Å². The van der Waals surface area contributed by atoms with Gasteiger partial charge in [0, 0.05) is 16.7 Å². The van der Waals surface area contributed by atoms with Gasteiger partial charge in [-0.1, -0.05) is 15.9 Å². The van der Waals surface area contributed by atoms with Crippen LogP contribution in [0.5, 0.6) is 0 Å². The molecule has 0 amide bonds. The average molecular weight is 269 g/mol. The number of benzene rings is 1. The van der Waals surface area contributed by atoms with Crippen LogP contribution in [0.25, 0.3) is 0 Å². The van der Waals surface area contributed by atoms with Crippen molar-refractivity contribution in [2.75, 3.05) is 5.73 Å². The van der Waals surface area contributed by atoms with Crippen molar-refractivity contribution in [3.63, 3.8) is 0 Å². The fourth-order valence-electron chi connectivity index (χ4n) is 1.19. The summed E-state index contributed by atoms with van der Waals surface area (Å²) >= 11 is 3.05. The maximum Gasteiger partial charge on any atom is 0.418 e. The van der Waals surface area contributed by atoms with Crippen LogP contribution in [0.2, 0.25) is 0 Å².